The van der Waals surface area contributed by atoms with E-state index in [4.69, 9.17) is 4.98 Å². The highest BCUT2D eigenvalue weighted by Crippen LogP contribution is 2.34. The van der Waals surface area contributed by atoms with Crippen LogP contribution >= 0.6 is 11.8 Å². The van der Waals surface area contributed by atoms with Crippen molar-refractivity contribution in [2.75, 3.05) is 0 Å². The molecule has 0 N–H and O–H groups in total. The van der Waals surface area contributed by atoms with Crippen LogP contribution in [0.1, 0.15) is 17.7 Å². The third-order valence-electron chi connectivity index (χ3n) is 4.30. The molecule has 0 aliphatic carbocycles. The van der Waals surface area contributed by atoms with Crippen LogP contribution in [0.15, 0.2) is 76.8 Å². The number of para-hydroxylation sites is 1. The minimum atomic E-state index is -0.0999. The van der Waals surface area contributed by atoms with Crippen molar-refractivity contribution in [1.29, 1.82) is 0 Å². The summed E-state index contributed by atoms with van der Waals surface area (Å²) in [6, 6.07) is 19.8. The van der Waals surface area contributed by atoms with Crippen LogP contribution in [0, 0.1) is 0 Å². The maximum Gasteiger partial charge on any atom is 0.269 e. The van der Waals surface area contributed by atoms with Gasteiger partial charge in [-0.25, -0.2) is 4.98 Å². The molecule has 0 saturated heterocycles. The fraction of sp³-hybridized carbons (Fsp3) is 0.150. The molecule has 0 aliphatic rings. The van der Waals surface area contributed by atoms with E-state index in [1.807, 2.05) is 48.5 Å². The molecule has 0 radical (unpaired) electrons. The van der Waals surface area contributed by atoms with Crippen LogP contribution in [0.5, 0.6) is 0 Å². The van der Waals surface area contributed by atoms with Crippen molar-refractivity contribution in [1.82, 2.24) is 19.3 Å². The van der Waals surface area contributed by atoms with Gasteiger partial charge in [0.05, 0.1) is 11.9 Å². The van der Waals surface area contributed by atoms with Gasteiger partial charge in [-0.3, -0.25) is 14.0 Å². The second-order valence-electron chi connectivity index (χ2n) is 6.05. The highest BCUT2D eigenvalue weighted by Gasteiger charge is 2.18. The minimum Gasteiger partial charge on any atom is -0.268 e. The molecule has 2 aromatic heterocycles. The molecule has 0 bridgehead atoms. The number of fused-ring (bicyclic) bond motifs is 1. The highest BCUT2D eigenvalue weighted by atomic mass is 32.2. The SMILES string of the molecule is CC(Sc1nc2c(cnn2C)c(=O)n1-c1ccccc1)c1ccccc1. The van der Waals surface area contributed by atoms with Crippen molar-refractivity contribution in [3.05, 3.63) is 82.8 Å². The Morgan fingerprint density at radius 2 is 1.65 bits per heavy atom. The summed E-state index contributed by atoms with van der Waals surface area (Å²) in [7, 11) is 1.80. The van der Waals surface area contributed by atoms with Crippen LogP contribution in [-0.2, 0) is 7.05 Å². The van der Waals surface area contributed by atoms with E-state index in [1.165, 1.54) is 5.56 Å². The van der Waals surface area contributed by atoms with E-state index in [1.54, 1.807) is 34.3 Å². The molecule has 26 heavy (non-hydrogen) atoms. The zero-order chi connectivity index (χ0) is 18.1. The summed E-state index contributed by atoms with van der Waals surface area (Å²) >= 11 is 1.57. The lowest BCUT2D eigenvalue weighted by molar-refractivity contribution is 0.757. The standard InChI is InChI=1S/C20H18N4OS/c1-14(15-9-5-3-6-10-15)26-20-22-18-17(13-21-23(18)2)19(25)24(20)16-11-7-4-8-12-16/h3-14H,1-2H3. The molecule has 0 fully saturated rings. The van der Waals surface area contributed by atoms with Crippen LogP contribution in [-0.4, -0.2) is 19.3 Å². The predicted molar refractivity (Wildman–Crippen MR) is 105 cm³/mol. The Labute approximate surface area is 155 Å². The van der Waals surface area contributed by atoms with Gasteiger partial charge in [-0.05, 0) is 24.6 Å². The summed E-state index contributed by atoms with van der Waals surface area (Å²) in [5.41, 5.74) is 2.50. The second kappa shape index (κ2) is 6.80. The Morgan fingerprint density at radius 1 is 1.00 bits per heavy atom. The molecule has 5 nitrogen and oxygen atoms in total. The molecule has 0 spiro atoms. The molecule has 4 rings (SSSR count). The number of aromatic nitrogens is 4. The summed E-state index contributed by atoms with van der Waals surface area (Å²) in [6.45, 7) is 2.12. The summed E-state index contributed by atoms with van der Waals surface area (Å²) in [4.78, 5) is 17.9. The zero-order valence-electron chi connectivity index (χ0n) is 14.5. The molecule has 1 atom stereocenters. The van der Waals surface area contributed by atoms with Gasteiger partial charge in [-0.15, -0.1) is 0 Å². The van der Waals surface area contributed by atoms with E-state index < -0.39 is 0 Å². The molecular weight excluding hydrogens is 344 g/mol. The zero-order valence-corrected chi connectivity index (χ0v) is 15.4. The van der Waals surface area contributed by atoms with Gasteiger partial charge in [0.25, 0.3) is 5.56 Å². The highest BCUT2D eigenvalue weighted by molar-refractivity contribution is 7.99. The van der Waals surface area contributed by atoms with Gasteiger partial charge in [0.15, 0.2) is 10.8 Å². The summed E-state index contributed by atoms with van der Waals surface area (Å²) in [6.07, 6.45) is 1.58. The van der Waals surface area contributed by atoms with E-state index in [2.05, 4.69) is 24.2 Å². The van der Waals surface area contributed by atoms with E-state index in [0.29, 0.717) is 16.2 Å². The molecule has 0 amide bonds. The third-order valence-corrected chi connectivity index (χ3v) is 5.41. The fourth-order valence-electron chi connectivity index (χ4n) is 2.90. The average molecular weight is 362 g/mol. The fourth-order valence-corrected chi connectivity index (χ4v) is 3.94. The Bertz CT molecular complexity index is 1100. The van der Waals surface area contributed by atoms with Gasteiger partial charge < -0.3 is 0 Å². The molecule has 6 heteroatoms. The Balaban J connectivity index is 1.89. The molecule has 4 aromatic rings. The number of benzene rings is 2. The van der Waals surface area contributed by atoms with Gasteiger partial charge in [-0.2, -0.15) is 5.10 Å². The van der Waals surface area contributed by atoms with Crippen molar-refractivity contribution in [3.8, 4) is 5.69 Å². The monoisotopic (exact) mass is 362 g/mol. The second-order valence-corrected chi connectivity index (χ2v) is 7.35. The molecule has 1 unspecified atom stereocenters. The minimum absolute atomic E-state index is 0.0999. The third kappa shape index (κ3) is 2.93. The summed E-state index contributed by atoms with van der Waals surface area (Å²) < 4.78 is 3.32. The number of hydrogen-bond donors (Lipinski definition) is 0. The van der Waals surface area contributed by atoms with E-state index in [-0.39, 0.29) is 10.8 Å². The van der Waals surface area contributed by atoms with Gasteiger partial charge in [-0.1, -0.05) is 60.3 Å². The van der Waals surface area contributed by atoms with Crippen LogP contribution in [0.4, 0.5) is 0 Å². The number of thioether (sulfide) groups is 1. The lowest BCUT2D eigenvalue weighted by atomic mass is 10.2. The molecule has 2 heterocycles. The summed E-state index contributed by atoms with van der Waals surface area (Å²) in [5.74, 6) is 0. The number of nitrogens with zero attached hydrogens (tertiary/aromatic N) is 4. The van der Waals surface area contributed by atoms with Gasteiger partial charge >= 0.3 is 0 Å². The Kier molecular flexibility index (Phi) is 4.34. The van der Waals surface area contributed by atoms with E-state index >= 15 is 0 Å². The molecule has 0 saturated carbocycles. The number of aryl methyl sites for hydroxylation is 1. The Hall–Kier alpha value is -2.86. The maximum atomic E-state index is 13.1. The quantitative estimate of drug-likeness (QED) is 0.407. The normalized spacial score (nSPS) is 12.4. The molecule has 2 aromatic carbocycles. The van der Waals surface area contributed by atoms with Crippen molar-refractivity contribution in [3.63, 3.8) is 0 Å². The molecular formula is C20H18N4OS. The first-order valence-corrected chi connectivity index (χ1v) is 9.25. The van der Waals surface area contributed by atoms with E-state index in [0.717, 1.165) is 5.69 Å². The van der Waals surface area contributed by atoms with Crippen molar-refractivity contribution < 1.29 is 0 Å². The van der Waals surface area contributed by atoms with Gasteiger partial charge in [0, 0.05) is 12.3 Å². The van der Waals surface area contributed by atoms with Crippen molar-refractivity contribution >= 4 is 22.8 Å². The number of hydrogen-bond acceptors (Lipinski definition) is 4. The predicted octanol–water partition coefficient (Wildman–Crippen LogP) is 3.97. The van der Waals surface area contributed by atoms with Crippen molar-refractivity contribution in [2.24, 2.45) is 7.05 Å². The van der Waals surface area contributed by atoms with Crippen LogP contribution in [0.25, 0.3) is 16.7 Å². The Morgan fingerprint density at radius 3 is 2.35 bits per heavy atom. The molecule has 0 aliphatic heterocycles. The lowest BCUT2D eigenvalue weighted by Gasteiger charge is -2.16. The first-order valence-electron chi connectivity index (χ1n) is 8.37. The smallest absolute Gasteiger partial charge is 0.268 e. The maximum absolute atomic E-state index is 13.1. The number of rotatable bonds is 4. The van der Waals surface area contributed by atoms with Crippen LogP contribution in [0.2, 0.25) is 0 Å². The van der Waals surface area contributed by atoms with Crippen LogP contribution in [0.3, 0.4) is 0 Å². The first-order chi connectivity index (χ1) is 12.6. The molecule has 130 valence electrons. The van der Waals surface area contributed by atoms with Crippen LogP contribution < -0.4 is 5.56 Å². The first kappa shape index (κ1) is 16.6. The summed E-state index contributed by atoms with van der Waals surface area (Å²) in [5, 5.41) is 5.54. The van der Waals surface area contributed by atoms with Gasteiger partial charge in [0.1, 0.15) is 5.39 Å². The largest absolute Gasteiger partial charge is 0.269 e. The van der Waals surface area contributed by atoms with E-state index in [9.17, 15) is 4.79 Å². The van der Waals surface area contributed by atoms with Gasteiger partial charge in [0.2, 0.25) is 0 Å². The topological polar surface area (TPSA) is 52.7 Å². The average Bonchev–Trinajstić information content (AvgIpc) is 3.04. The lowest BCUT2D eigenvalue weighted by Crippen LogP contribution is -2.22. The van der Waals surface area contributed by atoms with Crippen molar-refractivity contribution in [2.45, 2.75) is 17.3 Å².